The molecule has 1 aromatic carbocycles. The predicted molar refractivity (Wildman–Crippen MR) is 83.7 cm³/mol. The predicted octanol–water partition coefficient (Wildman–Crippen LogP) is 2.95. The van der Waals surface area contributed by atoms with Crippen molar-refractivity contribution < 1.29 is 0 Å². The third-order valence-electron chi connectivity index (χ3n) is 3.29. The van der Waals surface area contributed by atoms with Crippen molar-refractivity contribution in [3.8, 4) is 11.3 Å². The summed E-state index contributed by atoms with van der Waals surface area (Å²) >= 11 is 0. The average Bonchev–Trinajstić information content (AvgIpc) is 2.46. The van der Waals surface area contributed by atoms with E-state index in [1.165, 1.54) is 0 Å². The van der Waals surface area contributed by atoms with E-state index in [4.69, 9.17) is 5.73 Å². The number of pyridine rings is 2. The van der Waals surface area contributed by atoms with Crippen molar-refractivity contribution in [2.24, 2.45) is 0 Å². The Bertz CT molecular complexity index is 751. The maximum absolute atomic E-state index is 6.08. The van der Waals surface area contributed by atoms with Gasteiger partial charge >= 0.3 is 0 Å². The van der Waals surface area contributed by atoms with Crippen LogP contribution in [0.15, 0.2) is 48.7 Å². The molecule has 20 heavy (non-hydrogen) atoms. The fourth-order valence-electron chi connectivity index (χ4n) is 2.18. The van der Waals surface area contributed by atoms with Crippen LogP contribution in [0, 0.1) is 0 Å². The normalized spacial score (nSPS) is 10.7. The van der Waals surface area contributed by atoms with Crippen LogP contribution in [0.2, 0.25) is 0 Å². The Labute approximate surface area is 117 Å². The zero-order chi connectivity index (χ0) is 14.1. The second kappa shape index (κ2) is 4.81. The van der Waals surface area contributed by atoms with Gasteiger partial charge in [0, 0.05) is 36.9 Å². The molecule has 0 radical (unpaired) electrons. The number of rotatable bonds is 2. The Morgan fingerprint density at radius 1 is 1.05 bits per heavy atom. The summed E-state index contributed by atoms with van der Waals surface area (Å²) in [7, 11) is 4.01. The molecular formula is C16H16N4. The molecule has 0 saturated carbocycles. The monoisotopic (exact) mass is 264 g/mol. The fraction of sp³-hybridized carbons (Fsp3) is 0.125. The van der Waals surface area contributed by atoms with Gasteiger partial charge in [0.15, 0.2) is 0 Å². The molecule has 0 aliphatic rings. The molecule has 0 bridgehead atoms. The summed E-state index contributed by atoms with van der Waals surface area (Å²) in [6.45, 7) is 0. The lowest BCUT2D eigenvalue weighted by molar-refractivity contribution is 1.13. The zero-order valence-electron chi connectivity index (χ0n) is 11.5. The highest BCUT2D eigenvalue weighted by molar-refractivity contribution is 5.89. The quantitative estimate of drug-likeness (QED) is 0.773. The van der Waals surface area contributed by atoms with Crippen molar-refractivity contribution in [3.05, 3.63) is 48.7 Å². The Balaban J connectivity index is 2.18. The van der Waals surface area contributed by atoms with Crippen LogP contribution < -0.4 is 10.6 Å². The van der Waals surface area contributed by atoms with E-state index in [1.54, 1.807) is 6.20 Å². The van der Waals surface area contributed by atoms with Crippen LogP contribution in [0.3, 0.4) is 0 Å². The SMILES string of the molecule is CN(C)c1ccc2cc(-c3ccccn3)c(N)nc2c1. The van der Waals surface area contributed by atoms with Gasteiger partial charge in [-0.3, -0.25) is 4.98 Å². The number of hydrogen-bond donors (Lipinski definition) is 1. The van der Waals surface area contributed by atoms with Gasteiger partial charge in [-0.25, -0.2) is 4.98 Å². The second-order valence-corrected chi connectivity index (χ2v) is 4.91. The number of benzene rings is 1. The summed E-state index contributed by atoms with van der Waals surface area (Å²) in [5, 5.41) is 1.06. The summed E-state index contributed by atoms with van der Waals surface area (Å²) in [6, 6.07) is 14.0. The topological polar surface area (TPSA) is 55.0 Å². The number of aromatic nitrogens is 2. The minimum absolute atomic E-state index is 0.507. The first kappa shape index (κ1) is 12.4. The van der Waals surface area contributed by atoms with E-state index < -0.39 is 0 Å². The number of nitrogens with two attached hydrogens (primary N) is 1. The average molecular weight is 264 g/mol. The molecule has 2 N–H and O–H groups in total. The van der Waals surface area contributed by atoms with E-state index >= 15 is 0 Å². The first-order chi connectivity index (χ1) is 9.65. The first-order valence-corrected chi connectivity index (χ1v) is 6.44. The Morgan fingerprint density at radius 2 is 1.90 bits per heavy atom. The summed E-state index contributed by atoms with van der Waals surface area (Å²) in [5.41, 5.74) is 9.80. The van der Waals surface area contributed by atoms with Crippen LogP contribution in [-0.2, 0) is 0 Å². The highest BCUT2D eigenvalue weighted by atomic mass is 15.1. The van der Waals surface area contributed by atoms with E-state index in [9.17, 15) is 0 Å². The number of fused-ring (bicyclic) bond motifs is 1. The molecule has 0 saturated heterocycles. The van der Waals surface area contributed by atoms with E-state index in [1.807, 2.05) is 49.3 Å². The number of anilines is 2. The standard InChI is InChI=1S/C16H16N4/c1-20(2)12-7-6-11-9-13(14-5-3-4-8-18-14)16(17)19-15(11)10-12/h3-10H,1-2H3,(H2,17,19). The van der Waals surface area contributed by atoms with Gasteiger partial charge in [0.2, 0.25) is 0 Å². The molecule has 2 heterocycles. The van der Waals surface area contributed by atoms with E-state index in [0.717, 1.165) is 27.8 Å². The molecule has 0 aliphatic heterocycles. The van der Waals surface area contributed by atoms with Gasteiger partial charge in [-0.2, -0.15) is 0 Å². The van der Waals surface area contributed by atoms with Crippen LogP contribution in [0.1, 0.15) is 0 Å². The third-order valence-corrected chi connectivity index (χ3v) is 3.29. The van der Waals surface area contributed by atoms with Crippen LogP contribution in [-0.4, -0.2) is 24.1 Å². The maximum Gasteiger partial charge on any atom is 0.133 e. The molecule has 3 aromatic rings. The van der Waals surface area contributed by atoms with Crippen LogP contribution >= 0.6 is 0 Å². The molecular weight excluding hydrogens is 248 g/mol. The number of hydrogen-bond acceptors (Lipinski definition) is 4. The lowest BCUT2D eigenvalue weighted by Crippen LogP contribution is -2.08. The number of nitrogen functional groups attached to an aromatic ring is 1. The largest absolute Gasteiger partial charge is 0.383 e. The molecule has 0 fully saturated rings. The maximum atomic E-state index is 6.08. The number of nitrogens with zero attached hydrogens (tertiary/aromatic N) is 3. The lowest BCUT2D eigenvalue weighted by Gasteiger charge is -2.13. The molecule has 0 amide bonds. The lowest BCUT2D eigenvalue weighted by atomic mass is 10.1. The van der Waals surface area contributed by atoms with Gasteiger partial charge in [0.05, 0.1) is 11.2 Å². The molecule has 0 aliphatic carbocycles. The van der Waals surface area contributed by atoms with E-state index in [-0.39, 0.29) is 0 Å². The van der Waals surface area contributed by atoms with Gasteiger partial charge in [-0.15, -0.1) is 0 Å². The highest BCUT2D eigenvalue weighted by Gasteiger charge is 2.08. The molecule has 0 unspecified atom stereocenters. The first-order valence-electron chi connectivity index (χ1n) is 6.44. The molecule has 100 valence electrons. The highest BCUT2D eigenvalue weighted by Crippen LogP contribution is 2.28. The van der Waals surface area contributed by atoms with E-state index in [2.05, 4.69) is 22.1 Å². The van der Waals surface area contributed by atoms with Crippen LogP contribution in [0.4, 0.5) is 11.5 Å². The van der Waals surface area contributed by atoms with Crippen molar-refractivity contribution >= 4 is 22.4 Å². The molecule has 0 spiro atoms. The van der Waals surface area contributed by atoms with Gasteiger partial charge in [-0.05, 0) is 30.3 Å². The summed E-state index contributed by atoms with van der Waals surface area (Å²) in [6.07, 6.45) is 1.76. The summed E-state index contributed by atoms with van der Waals surface area (Å²) in [4.78, 5) is 10.9. The second-order valence-electron chi connectivity index (χ2n) is 4.91. The Hall–Kier alpha value is -2.62. The summed E-state index contributed by atoms with van der Waals surface area (Å²) < 4.78 is 0. The third kappa shape index (κ3) is 2.16. The van der Waals surface area contributed by atoms with Crippen molar-refractivity contribution in [2.75, 3.05) is 24.7 Å². The van der Waals surface area contributed by atoms with Crippen molar-refractivity contribution in [3.63, 3.8) is 0 Å². The van der Waals surface area contributed by atoms with Crippen LogP contribution in [0.25, 0.3) is 22.2 Å². The summed E-state index contributed by atoms with van der Waals surface area (Å²) in [5.74, 6) is 0.507. The fourth-order valence-corrected chi connectivity index (χ4v) is 2.18. The molecule has 2 aromatic heterocycles. The Kier molecular flexibility index (Phi) is 2.99. The minimum atomic E-state index is 0.507. The molecule has 4 heteroatoms. The minimum Gasteiger partial charge on any atom is -0.383 e. The van der Waals surface area contributed by atoms with Crippen LogP contribution in [0.5, 0.6) is 0 Å². The van der Waals surface area contributed by atoms with Gasteiger partial charge in [0.1, 0.15) is 5.82 Å². The zero-order valence-corrected chi connectivity index (χ0v) is 11.5. The molecule has 4 nitrogen and oxygen atoms in total. The van der Waals surface area contributed by atoms with Gasteiger partial charge in [0.25, 0.3) is 0 Å². The smallest absolute Gasteiger partial charge is 0.133 e. The molecule has 3 rings (SSSR count). The van der Waals surface area contributed by atoms with Gasteiger partial charge < -0.3 is 10.6 Å². The van der Waals surface area contributed by atoms with Crippen molar-refractivity contribution in [2.45, 2.75) is 0 Å². The Morgan fingerprint density at radius 3 is 2.60 bits per heavy atom. The van der Waals surface area contributed by atoms with Crippen molar-refractivity contribution in [1.82, 2.24) is 9.97 Å². The van der Waals surface area contributed by atoms with Crippen molar-refractivity contribution in [1.29, 1.82) is 0 Å². The molecule has 0 atom stereocenters. The van der Waals surface area contributed by atoms with Gasteiger partial charge in [-0.1, -0.05) is 12.1 Å². The van der Waals surface area contributed by atoms with E-state index in [0.29, 0.717) is 5.82 Å².